The topological polar surface area (TPSA) is 55.1 Å². The number of carbonyl (C=O) groups excluding carboxylic acids is 1. The third kappa shape index (κ3) is 7.70. The molecule has 0 heterocycles. The molecule has 2 unspecified atom stereocenters. The molecule has 3 N–H and O–H groups in total. The van der Waals surface area contributed by atoms with E-state index in [1.807, 2.05) is 0 Å². The molecule has 0 aromatic carbocycles. The fraction of sp³-hybridized carbons (Fsp3) is 0.933. The van der Waals surface area contributed by atoms with E-state index in [0.717, 1.165) is 38.6 Å². The summed E-state index contributed by atoms with van der Waals surface area (Å²) in [4.78, 5) is 11.9. The number of carbonyl (C=O) groups is 1. The van der Waals surface area contributed by atoms with Crippen molar-refractivity contribution in [2.45, 2.75) is 72.3 Å². The molecule has 0 aromatic rings. The number of nitrogens with two attached hydrogens (primary N) is 1. The van der Waals surface area contributed by atoms with E-state index < -0.39 is 0 Å². The summed E-state index contributed by atoms with van der Waals surface area (Å²) >= 11 is 0. The van der Waals surface area contributed by atoms with Crippen molar-refractivity contribution in [3.8, 4) is 0 Å². The van der Waals surface area contributed by atoms with Gasteiger partial charge in [-0.2, -0.15) is 0 Å². The van der Waals surface area contributed by atoms with Gasteiger partial charge in [0.2, 0.25) is 5.91 Å². The first-order valence-electron chi connectivity index (χ1n) is 7.54. The maximum atomic E-state index is 11.9. The molecular formula is C15H32N2O. The highest BCUT2D eigenvalue weighted by Crippen LogP contribution is 2.20. The molecule has 0 spiro atoms. The third-order valence-electron chi connectivity index (χ3n) is 3.72. The van der Waals surface area contributed by atoms with Gasteiger partial charge in [-0.1, -0.05) is 34.1 Å². The van der Waals surface area contributed by atoms with Gasteiger partial charge < -0.3 is 11.1 Å². The van der Waals surface area contributed by atoms with E-state index in [1.54, 1.807) is 0 Å². The quantitative estimate of drug-likeness (QED) is 0.631. The van der Waals surface area contributed by atoms with Gasteiger partial charge in [-0.25, -0.2) is 0 Å². The monoisotopic (exact) mass is 256 g/mol. The van der Waals surface area contributed by atoms with Crippen molar-refractivity contribution in [2.75, 3.05) is 6.54 Å². The number of hydrogen-bond donors (Lipinski definition) is 2. The van der Waals surface area contributed by atoms with Crippen LogP contribution >= 0.6 is 0 Å². The first kappa shape index (κ1) is 17.4. The minimum atomic E-state index is 0.206. The van der Waals surface area contributed by atoms with Gasteiger partial charge in [0.25, 0.3) is 0 Å². The highest BCUT2D eigenvalue weighted by Gasteiger charge is 2.15. The lowest BCUT2D eigenvalue weighted by molar-refractivity contribution is -0.122. The largest absolute Gasteiger partial charge is 0.353 e. The van der Waals surface area contributed by atoms with Crippen LogP contribution in [0.15, 0.2) is 0 Å². The van der Waals surface area contributed by atoms with Gasteiger partial charge in [0, 0.05) is 12.5 Å². The second kappa shape index (κ2) is 10.4. The van der Waals surface area contributed by atoms with Gasteiger partial charge in [-0.3, -0.25) is 4.79 Å². The van der Waals surface area contributed by atoms with Crippen molar-refractivity contribution in [1.82, 2.24) is 5.32 Å². The molecule has 0 bridgehead atoms. The third-order valence-corrected chi connectivity index (χ3v) is 3.72. The molecule has 1 amide bonds. The zero-order valence-electron chi connectivity index (χ0n) is 12.7. The molecule has 0 aromatic heterocycles. The van der Waals surface area contributed by atoms with Crippen molar-refractivity contribution in [1.29, 1.82) is 0 Å². The maximum Gasteiger partial charge on any atom is 0.220 e. The van der Waals surface area contributed by atoms with Crippen molar-refractivity contribution in [3.05, 3.63) is 0 Å². The number of amides is 1. The lowest BCUT2D eigenvalue weighted by atomic mass is 9.88. The molecule has 0 radical (unpaired) electrons. The van der Waals surface area contributed by atoms with Crippen LogP contribution in [0.1, 0.15) is 66.2 Å². The average molecular weight is 256 g/mol. The highest BCUT2D eigenvalue weighted by molar-refractivity contribution is 5.76. The van der Waals surface area contributed by atoms with E-state index in [2.05, 4.69) is 33.0 Å². The summed E-state index contributed by atoms with van der Waals surface area (Å²) in [7, 11) is 0. The van der Waals surface area contributed by atoms with Crippen LogP contribution in [0.3, 0.4) is 0 Å². The van der Waals surface area contributed by atoms with Crippen LogP contribution in [-0.4, -0.2) is 18.5 Å². The Hall–Kier alpha value is -0.570. The molecule has 0 aliphatic carbocycles. The van der Waals surface area contributed by atoms with E-state index >= 15 is 0 Å². The Labute approximate surface area is 113 Å². The first-order valence-corrected chi connectivity index (χ1v) is 7.54. The molecule has 0 saturated carbocycles. The van der Waals surface area contributed by atoms with Crippen LogP contribution in [0.25, 0.3) is 0 Å². The minimum Gasteiger partial charge on any atom is -0.353 e. The van der Waals surface area contributed by atoms with E-state index in [1.165, 1.54) is 0 Å². The zero-order valence-corrected chi connectivity index (χ0v) is 12.7. The summed E-state index contributed by atoms with van der Waals surface area (Å²) in [6, 6.07) is 0.356. The molecule has 0 saturated heterocycles. The Morgan fingerprint density at radius 1 is 1.17 bits per heavy atom. The van der Waals surface area contributed by atoms with Gasteiger partial charge in [-0.05, 0) is 44.1 Å². The molecule has 3 nitrogen and oxygen atoms in total. The Morgan fingerprint density at radius 3 is 2.28 bits per heavy atom. The fourth-order valence-corrected chi connectivity index (χ4v) is 2.37. The summed E-state index contributed by atoms with van der Waals surface area (Å²) in [5.41, 5.74) is 5.61. The van der Waals surface area contributed by atoms with Gasteiger partial charge >= 0.3 is 0 Å². The molecule has 0 rings (SSSR count). The average Bonchev–Trinajstić information content (AvgIpc) is 2.33. The predicted molar refractivity (Wildman–Crippen MR) is 78.4 cm³/mol. The van der Waals surface area contributed by atoms with Crippen LogP contribution in [-0.2, 0) is 4.79 Å². The van der Waals surface area contributed by atoms with Gasteiger partial charge in [0.05, 0.1) is 0 Å². The van der Waals surface area contributed by atoms with E-state index in [-0.39, 0.29) is 5.91 Å². The fourth-order valence-electron chi connectivity index (χ4n) is 2.37. The lowest BCUT2D eigenvalue weighted by Crippen LogP contribution is -2.34. The molecule has 108 valence electrons. The number of hydrogen-bond acceptors (Lipinski definition) is 2. The summed E-state index contributed by atoms with van der Waals surface area (Å²) < 4.78 is 0. The van der Waals surface area contributed by atoms with E-state index in [9.17, 15) is 4.79 Å². The van der Waals surface area contributed by atoms with Crippen molar-refractivity contribution < 1.29 is 4.79 Å². The highest BCUT2D eigenvalue weighted by atomic mass is 16.1. The zero-order chi connectivity index (χ0) is 14.0. The van der Waals surface area contributed by atoms with Crippen molar-refractivity contribution in [3.63, 3.8) is 0 Å². The summed E-state index contributed by atoms with van der Waals surface area (Å²) in [5, 5.41) is 3.13. The summed E-state index contributed by atoms with van der Waals surface area (Å²) in [6.07, 6.45) is 5.86. The van der Waals surface area contributed by atoms with E-state index in [4.69, 9.17) is 5.73 Å². The molecule has 2 atom stereocenters. The second-order valence-electron chi connectivity index (χ2n) is 5.58. The van der Waals surface area contributed by atoms with Gasteiger partial charge in [-0.15, -0.1) is 0 Å². The molecule has 18 heavy (non-hydrogen) atoms. The van der Waals surface area contributed by atoms with Gasteiger partial charge in [0.15, 0.2) is 0 Å². The Kier molecular flexibility index (Phi) is 10.0. The normalized spacial score (nSPS) is 14.6. The molecule has 0 fully saturated rings. The summed E-state index contributed by atoms with van der Waals surface area (Å²) in [5.74, 6) is 1.39. The van der Waals surface area contributed by atoms with Crippen LogP contribution in [0.4, 0.5) is 0 Å². The first-order chi connectivity index (χ1) is 8.54. The molecular weight excluding hydrogens is 224 g/mol. The Balaban J connectivity index is 3.99. The number of rotatable bonds is 10. The van der Waals surface area contributed by atoms with Crippen molar-refractivity contribution in [2.24, 2.45) is 17.6 Å². The smallest absolute Gasteiger partial charge is 0.220 e. The summed E-state index contributed by atoms with van der Waals surface area (Å²) in [6.45, 7) is 9.43. The maximum absolute atomic E-state index is 11.9. The van der Waals surface area contributed by atoms with Gasteiger partial charge in [0.1, 0.15) is 0 Å². The Morgan fingerprint density at radius 2 is 1.83 bits per heavy atom. The lowest BCUT2D eigenvalue weighted by Gasteiger charge is -2.21. The standard InChI is InChI=1S/C15H32N2O/c1-5-7-14(6-2)17-15(18)9-8-13(10-11-16)12(3)4/h12-14H,5-11,16H2,1-4H3,(H,17,18). The van der Waals surface area contributed by atoms with Crippen molar-refractivity contribution >= 4 is 5.91 Å². The number of nitrogens with one attached hydrogen (secondary N) is 1. The van der Waals surface area contributed by atoms with Crippen LogP contribution in [0, 0.1) is 11.8 Å². The van der Waals surface area contributed by atoms with Crippen LogP contribution in [0.2, 0.25) is 0 Å². The van der Waals surface area contributed by atoms with E-state index in [0.29, 0.717) is 24.3 Å². The molecule has 0 aliphatic rings. The van der Waals surface area contributed by atoms with Crippen LogP contribution in [0.5, 0.6) is 0 Å². The molecule has 3 heteroatoms. The minimum absolute atomic E-state index is 0.206. The molecule has 0 aliphatic heterocycles. The second-order valence-corrected chi connectivity index (χ2v) is 5.58. The van der Waals surface area contributed by atoms with Crippen LogP contribution < -0.4 is 11.1 Å². The predicted octanol–water partition coefficient (Wildman–Crippen LogP) is 3.08. The SMILES string of the molecule is CCCC(CC)NC(=O)CCC(CCN)C(C)C. The Bertz CT molecular complexity index is 217.